The van der Waals surface area contributed by atoms with Gasteiger partial charge in [0.2, 0.25) is 11.8 Å². The Morgan fingerprint density at radius 3 is 1.58 bits per heavy atom. The number of piperazine rings is 1. The Kier molecular flexibility index (Phi) is 31.9. The van der Waals surface area contributed by atoms with Crippen molar-refractivity contribution in [3.63, 3.8) is 0 Å². The number of benzene rings is 4. The van der Waals surface area contributed by atoms with Gasteiger partial charge in [0.25, 0.3) is 23.6 Å². The summed E-state index contributed by atoms with van der Waals surface area (Å²) in [5, 5.41) is 8.24. The smallest absolute Gasteiger partial charge is 0.407 e. The molecule has 29 heteroatoms. The lowest BCUT2D eigenvalue weighted by Gasteiger charge is -2.34. The highest BCUT2D eigenvalue weighted by atomic mass is 16.6. The van der Waals surface area contributed by atoms with Gasteiger partial charge in [-0.15, -0.1) is 0 Å². The molecule has 0 bridgehead atoms. The number of likely N-dealkylation sites (N-methyl/N-ethyl adjacent to an activating group) is 1. The number of hydrogen-bond acceptors (Lipinski definition) is 23. The zero-order valence-corrected chi connectivity index (χ0v) is 63.9. The SMILES string of the molecule is COc1cc2c(cc1OCCCCCOc1cc3c(cc1C)C(=O)N1C=C(c4ccc(NC(=O)[C@H](C)CC(=O)[C@@H](NC(=O)OCCOCCOCCOCCOCCOCCOCCOCCNC(=O)CCN5C(=O)C=CC5=O)C(C)C)cc4)C[C@H]1C=N3)N=C[C@@H]1CC(c3ccc(N4CCN(C)CC4)cc3)=CN1C2=O. The van der Waals surface area contributed by atoms with Gasteiger partial charge in [0.15, 0.2) is 17.3 Å². The van der Waals surface area contributed by atoms with E-state index in [1.165, 1.54) is 17.8 Å². The number of carbonyl (C=O) groups is 8. The molecular formula is C81H104N10O19. The molecule has 0 aromatic heterocycles. The van der Waals surface area contributed by atoms with Crippen molar-refractivity contribution in [2.24, 2.45) is 21.8 Å². The molecule has 3 N–H and O–H groups in total. The summed E-state index contributed by atoms with van der Waals surface area (Å²) in [5.74, 6) is -1.41. The number of nitrogens with zero attached hydrogens (tertiary/aromatic N) is 7. The van der Waals surface area contributed by atoms with Crippen LogP contribution in [0.3, 0.4) is 0 Å². The standard InChI is InChI=1S/C81H104N10O19/c1-55(2)77(86-81(99)110-43-42-107-41-40-106-39-38-105-37-36-104-35-34-103-33-32-102-31-30-101-29-21-82-74(93)20-22-89-75(94)18-19-76(89)95)70(92)45-57(4)78(96)85-62-14-10-58(11-15-62)60-46-64-51-83-68-49-71(56(3)44-66(68)79(97)90(64)53-60)108-27-8-7-9-28-109-73-50-69-67(48-72(73)100-6)80(98)91-54-61(47-65(91)52-84-69)59-12-16-63(17-13-59)88-25-23-87(5)24-26-88/h10-19,44,48-55,57,64-65,77H,7-9,20-43,45-47H2,1-6H3,(H,82,93)(H,85,96)(H,86,99)/t57-,64+,65+,77+/m1/s1. The third-order valence-electron chi connectivity index (χ3n) is 19.3. The van der Waals surface area contributed by atoms with E-state index >= 15 is 0 Å². The van der Waals surface area contributed by atoms with E-state index < -0.39 is 29.9 Å². The Hall–Kier alpha value is -9.72. The second-order valence-corrected chi connectivity index (χ2v) is 27.8. The van der Waals surface area contributed by atoms with E-state index in [9.17, 15) is 38.4 Å². The maximum atomic E-state index is 14.1. The number of ketones is 1. The van der Waals surface area contributed by atoms with Crippen molar-refractivity contribution >= 4 is 93.6 Å². The Labute approximate surface area is 642 Å². The maximum absolute atomic E-state index is 14.1. The second kappa shape index (κ2) is 42.5. The van der Waals surface area contributed by atoms with Gasteiger partial charge in [0.1, 0.15) is 12.4 Å². The average molecular weight is 1520 g/mol. The third-order valence-corrected chi connectivity index (χ3v) is 19.3. The van der Waals surface area contributed by atoms with Crippen LogP contribution in [-0.2, 0) is 61.9 Å². The number of alkyl carbamates (subject to hydrolysis) is 1. The Balaban J connectivity index is 0.537. The number of anilines is 2. The minimum atomic E-state index is -0.882. The number of methoxy groups -OCH3 is 1. The molecule has 0 radical (unpaired) electrons. The van der Waals surface area contributed by atoms with Crippen LogP contribution in [0.2, 0.25) is 0 Å². The molecule has 0 spiro atoms. The Morgan fingerprint density at radius 1 is 0.564 bits per heavy atom. The van der Waals surface area contributed by atoms with Crippen molar-refractivity contribution in [1.82, 2.24) is 30.2 Å². The molecule has 10 rings (SSSR count). The van der Waals surface area contributed by atoms with E-state index in [4.69, 9.17) is 62.1 Å². The highest BCUT2D eigenvalue weighted by Crippen LogP contribution is 2.41. The molecule has 4 aromatic rings. The molecule has 6 aliphatic rings. The number of ether oxygens (including phenoxy) is 11. The lowest BCUT2D eigenvalue weighted by molar-refractivity contribution is -0.137. The lowest BCUT2D eigenvalue weighted by Crippen LogP contribution is -2.45. The number of fused-ring (bicyclic) bond motifs is 4. The van der Waals surface area contributed by atoms with E-state index in [0.717, 1.165) is 78.2 Å². The number of rotatable bonds is 46. The first-order valence-corrected chi connectivity index (χ1v) is 37.9. The first-order valence-electron chi connectivity index (χ1n) is 37.9. The second-order valence-electron chi connectivity index (χ2n) is 27.8. The van der Waals surface area contributed by atoms with E-state index in [1.54, 1.807) is 68.2 Å². The highest BCUT2D eigenvalue weighted by molar-refractivity contribution is 6.13. The van der Waals surface area contributed by atoms with Gasteiger partial charge < -0.3 is 87.7 Å². The molecule has 4 aromatic carbocycles. The van der Waals surface area contributed by atoms with Gasteiger partial charge in [-0.1, -0.05) is 45.0 Å². The first-order chi connectivity index (χ1) is 53.4. The maximum Gasteiger partial charge on any atom is 0.407 e. The van der Waals surface area contributed by atoms with Crippen LogP contribution in [-0.4, -0.2) is 263 Å². The average Bonchev–Trinajstić information content (AvgIpc) is 1.63. The van der Waals surface area contributed by atoms with Crippen LogP contribution in [0.1, 0.15) is 103 Å². The first kappa shape index (κ1) is 82.8. The van der Waals surface area contributed by atoms with E-state index in [1.807, 2.05) is 49.8 Å². The van der Waals surface area contributed by atoms with Crippen LogP contribution in [0, 0.1) is 18.8 Å². The number of carbonyl (C=O) groups excluding carboxylic acids is 8. The molecule has 7 amide bonds. The quantitative estimate of drug-likeness (QED) is 0.0277. The number of unbranched alkanes of at least 4 members (excludes halogenated alkanes) is 2. The summed E-state index contributed by atoms with van der Waals surface area (Å²) < 4.78 is 62.0. The van der Waals surface area contributed by atoms with Gasteiger partial charge >= 0.3 is 6.09 Å². The lowest BCUT2D eigenvalue weighted by atomic mass is 9.93. The number of nitrogens with one attached hydrogen (secondary N) is 3. The predicted molar refractivity (Wildman–Crippen MR) is 413 cm³/mol. The molecule has 29 nitrogen and oxygen atoms in total. The molecule has 0 unspecified atom stereocenters. The van der Waals surface area contributed by atoms with Crippen molar-refractivity contribution in [3.8, 4) is 17.2 Å². The van der Waals surface area contributed by atoms with Gasteiger partial charge in [-0.3, -0.25) is 48.4 Å². The van der Waals surface area contributed by atoms with Gasteiger partial charge in [-0.25, -0.2) is 4.79 Å². The number of amides is 7. The van der Waals surface area contributed by atoms with Gasteiger partial charge in [-0.2, -0.15) is 0 Å². The Bertz CT molecular complexity index is 3950. The zero-order chi connectivity index (χ0) is 77.7. The van der Waals surface area contributed by atoms with Crippen LogP contribution in [0.15, 0.2) is 107 Å². The summed E-state index contributed by atoms with van der Waals surface area (Å²) in [4.78, 5) is 122. The number of imide groups is 1. The fourth-order valence-electron chi connectivity index (χ4n) is 13.0. The van der Waals surface area contributed by atoms with Crippen molar-refractivity contribution in [1.29, 1.82) is 0 Å². The molecule has 110 heavy (non-hydrogen) atoms. The van der Waals surface area contributed by atoms with E-state index in [-0.39, 0.29) is 86.6 Å². The fraction of sp³-hybridized carbons (Fsp3) is 0.506. The highest BCUT2D eigenvalue weighted by Gasteiger charge is 2.36. The van der Waals surface area contributed by atoms with Crippen LogP contribution in [0.5, 0.6) is 17.2 Å². The van der Waals surface area contributed by atoms with E-state index in [0.29, 0.717) is 157 Å². The topological polar surface area (TPSA) is 315 Å². The fourth-order valence-corrected chi connectivity index (χ4v) is 13.0. The molecular weight excluding hydrogens is 1420 g/mol. The number of aryl methyl sites for hydroxylation is 1. The van der Waals surface area contributed by atoms with Gasteiger partial charge in [0, 0.05) is 131 Å². The molecule has 0 saturated carbocycles. The van der Waals surface area contributed by atoms with Crippen LogP contribution >= 0.6 is 0 Å². The van der Waals surface area contributed by atoms with E-state index in [2.05, 4.69) is 57.1 Å². The summed E-state index contributed by atoms with van der Waals surface area (Å²) in [6.45, 7) is 17.2. The van der Waals surface area contributed by atoms with Crippen molar-refractivity contribution in [3.05, 3.63) is 125 Å². The normalized spacial score (nSPS) is 17.1. The molecule has 6 heterocycles. The summed E-state index contributed by atoms with van der Waals surface area (Å²) in [6.07, 6.45) is 12.5. The summed E-state index contributed by atoms with van der Waals surface area (Å²) in [6, 6.07) is 21.8. The Morgan fingerprint density at radius 2 is 1.05 bits per heavy atom. The van der Waals surface area contributed by atoms with Crippen LogP contribution in [0.4, 0.5) is 27.5 Å². The van der Waals surface area contributed by atoms with Crippen molar-refractivity contribution < 1.29 is 90.5 Å². The zero-order valence-electron chi connectivity index (χ0n) is 63.9. The molecule has 1 saturated heterocycles. The number of aliphatic imine (C=N–C) groups is 2. The summed E-state index contributed by atoms with van der Waals surface area (Å²) in [5.41, 5.74) is 8.59. The predicted octanol–water partition coefficient (Wildman–Crippen LogP) is 8.16. The largest absolute Gasteiger partial charge is 0.493 e. The molecule has 6 aliphatic heterocycles. The minimum absolute atomic E-state index is 0.0265. The molecule has 592 valence electrons. The molecule has 1 fully saturated rings. The van der Waals surface area contributed by atoms with Gasteiger partial charge in [-0.05, 0) is 103 Å². The van der Waals surface area contributed by atoms with Crippen molar-refractivity contribution in [2.45, 2.75) is 90.8 Å². The van der Waals surface area contributed by atoms with Crippen molar-refractivity contribution in [2.75, 3.05) is 176 Å². The molecule has 4 atom stereocenters. The summed E-state index contributed by atoms with van der Waals surface area (Å²) in [7, 11) is 3.72. The number of hydrogen-bond donors (Lipinski definition) is 3. The molecule has 0 aliphatic carbocycles. The monoisotopic (exact) mass is 1520 g/mol. The number of Topliss-reactive ketones (excluding diaryl/α,β-unsaturated/α-hetero) is 1. The van der Waals surface area contributed by atoms with Gasteiger partial charge in [0.05, 0.1) is 153 Å². The third kappa shape index (κ3) is 24.1. The summed E-state index contributed by atoms with van der Waals surface area (Å²) >= 11 is 0. The van der Waals surface area contributed by atoms with Crippen LogP contribution in [0.25, 0.3) is 11.1 Å². The minimum Gasteiger partial charge on any atom is -0.493 e. The van der Waals surface area contributed by atoms with Crippen LogP contribution < -0.4 is 35.1 Å².